The van der Waals surface area contributed by atoms with E-state index >= 15 is 0 Å². The molecule has 0 atom stereocenters. The van der Waals surface area contributed by atoms with Crippen LogP contribution < -0.4 is 0 Å². The molecule has 2 aromatic carbocycles. The lowest BCUT2D eigenvalue weighted by Gasteiger charge is -2.32. The van der Waals surface area contributed by atoms with Crippen molar-refractivity contribution in [2.45, 2.75) is 30.7 Å². The number of piperidine rings is 1. The molecule has 1 aliphatic heterocycles. The molecule has 5 aromatic rings. The summed E-state index contributed by atoms with van der Waals surface area (Å²) in [4.78, 5) is 12.5. The Balaban J connectivity index is 1.32. The predicted octanol–water partition coefficient (Wildman–Crippen LogP) is 5.19. The monoisotopic (exact) mass is 507 g/mol. The molecular formula is C26H23F2N5O2S. The summed E-state index contributed by atoms with van der Waals surface area (Å²) in [6.45, 7) is 2.53. The molecular weight excluding hydrogens is 484 g/mol. The van der Waals surface area contributed by atoms with Gasteiger partial charge in [0.25, 0.3) is 0 Å². The first kappa shape index (κ1) is 22.8. The van der Waals surface area contributed by atoms with Crippen LogP contribution >= 0.6 is 0 Å². The van der Waals surface area contributed by atoms with Gasteiger partial charge >= 0.3 is 0 Å². The number of pyridine rings is 1. The van der Waals surface area contributed by atoms with Crippen molar-refractivity contribution < 1.29 is 17.2 Å². The van der Waals surface area contributed by atoms with E-state index in [2.05, 4.69) is 15.0 Å². The molecule has 0 bridgehead atoms. The van der Waals surface area contributed by atoms with Gasteiger partial charge < -0.3 is 9.55 Å². The van der Waals surface area contributed by atoms with Gasteiger partial charge in [0.05, 0.1) is 10.5 Å². The summed E-state index contributed by atoms with van der Waals surface area (Å²) >= 11 is 0. The van der Waals surface area contributed by atoms with E-state index in [-0.39, 0.29) is 16.5 Å². The maximum atomic E-state index is 14.7. The van der Waals surface area contributed by atoms with E-state index < -0.39 is 21.7 Å². The lowest BCUT2D eigenvalue weighted by Crippen LogP contribution is -2.39. The van der Waals surface area contributed by atoms with Crippen molar-refractivity contribution in [1.29, 1.82) is 0 Å². The van der Waals surface area contributed by atoms with Gasteiger partial charge in [-0.05, 0) is 68.3 Å². The van der Waals surface area contributed by atoms with E-state index in [4.69, 9.17) is 0 Å². The summed E-state index contributed by atoms with van der Waals surface area (Å²) in [6.07, 6.45) is 2.65. The number of sulfonamides is 1. The Bertz CT molecular complexity index is 1720. The molecule has 36 heavy (non-hydrogen) atoms. The van der Waals surface area contributed by atoms with E-state index in [0.29, 0.717) is 42.9 Å². The first-order chi connectivity index (χ1) is 17.3. The maximum absolute atomic E-state index is 14.7. The number of fused-ring (bicyclic) bond motifs is 2. The number of nitrogens with zero attached hydrogens (tertiary/aromatic N) is 4. The maximum Gasteiger partial charge on any atom is 0.243 e. The number of halogens is 2. The van der Waals surface area contributed by atoms with Crippen LogP contribution in [0, 0.1) is 18.6 Å². The van der Waals surface area contributed by atoms with Crippen LogP contribution in [0.5, 0.6) is 0 Å². The smallest absolute Gasteiger partial charge is 0.243 e. The van der Waals surface area contributed by atoms with Crippen LogP contribution in [0.4, 0.5) is 8.78 Å². The highest BCUT2D eigenvalue weighted by molar-refractivity contribution is 7.89. The van der Waals surface area contributed by atoms with E-state index in [9.17, 15) is 17.2 Å². The van der Waals surface area contributed by atoms with Crippen molar-refractivity contribution in [2.75, 3.05) is 13.1 Å². The molecule has 0 amide bonds. The SMILES string of the molecule is Cc1cc2cc(S(=O)(=O)N3CCC(n4c(-c5ccc(F)cc5F)nc5cccnc54)CC3)ccc2[nH]1. The average molecular weight is 508 g/mol. The second kappa shape index (κ2) is 8.49. The Hall–Kier alpha value is -3.63. The van der Waals surface area contributed by atoms with E-state index in [0.717, 1.165) is 22.7 Å². The van der Waals surface area contributed by atoms with Crippen molar-refractivity contribution in [3.05, 3.63) is 78.1 Å². The van der Waals surface area contributed by atoms with Gasteiger partial charge in [0, 0.05) is 48.0 Å². The highest BCUT2D eigenvalue weighted by Crippen LogP contribution is 2.35. The number of hydrogen-bond acceptors (Lipinski definition) is 4. The molecule has 1 aliphatic rings. The third kappa shape index (κ3) is 3.77. The quantitative estimate of drug-likeness (QED) is 0.363. The molecule has 0 saturated carbocycles. The van der Waals surface area contributed by atoms with Gasteiger partial charge in [-0.3, -0.25) is 0 Å². The normalized spacial score (nSPS) is 15.8. The van der Waals surface area contributed by atoms with Crippen molar-refractivity contribution in [3.8, 4) is 11.4 Å². The van der Waals surface area contributed by atoms with E-state index in [1.807, 2.05) is 17.6 Å². The Morgan fingerprint density at radius 1 is 1.03 bits per heavy atom. The Kier molecular flexibility index (Phi) is 5.38. The van der Waals surface area contributed by atoms with Crippen LogP contribution in [0.25, 0.3) is 33.5 Å². The zero-order valence-electron chi connectivity index (χ0n) is 19.4. The molecule has 0 spiro atoms. The molecule has 6 rings (SSSR count). The topological polar surface area (TPSA) is 83.9 Å². The zero-order chi connectivity index (χ0) is 25.0. The van der Waals surface area contributed by atoms with Crippen LogP contribution in [0.15, 0.2) is 65.7 Å². The van der Waals surface area contributed by atoms with Gasteiger partial charge in [-0.2, -0.15) is 4.31 Å². The number of rotatable bonds is 4. The molecule has 1 N–H and O–H groups in total. The molecule has 4 heterocycles. The number of imidazole rings is 1. The van der Waals surface area contributed by atoms with Gasteiger partial charge in [-0.15, -0.1) is 0 Å². The number of nitrogens with one attached hydrogen (secondary N) is 1. The molecule has 184 valence electrons. The molecule has 0 aliphatic carbocycles. The summed E-state index contributed by atoms with van der Waals surface area (Å²) < 4.78 is 58.5. The van der Waals surface area contributed by atoms with E-state index in [1.165, 1.54) is 16.4 Å². The molecule has 0 unspecified atom stereocenters. The zero-order valence-corrected chi connectivity index (χ0v) is 20.3. The molecule has 0 radical (unpaired) electrons. The minimum atomic E-state index is -3.68. The fraction of sp³-hybridized carbons (Fsp3) is 0.231. The Morgan fingerprint density at radius 3 is 2.61 bits per heavy atom. The van der Waals surface area contributed by atoms with Gasteiger partial charge in [0.15, 0.2) is 5.65 Å². The Morgan fingerprint density at radius 2 is 1.83 bits per heavy atom. The van der Waals surface area contributed by atoms with Crippen LogP contribution in [-0.2, 0) is 10.0 Å². The van der Waals surface area contributed by atoms with Crippen LogP contribution in [0.2, 0.25) is 0 Å². The second-order valence-corrected chi connectivity index (χ2v) is 11.1. The van der Waals surface area contributed by atoms with Crippen LogP contribution in [0.3, 0.4) is 0 Å². The van der Waals surface area contributed by atoms with Crippen molar-refractivity contribution >= 4 is 32.1 Å². The molecule has 3 aromatic heterocycles. The molecule has 7 nitrogen and oxygen atoms in total. The lowest BCUT2D eigenvalue weighted by atomic mass is 10.1. The van der Waals surface area contributed by atoms with Crippen molar-refractivity contribution in [1.82, 2.24) is 23.8 Å². The first-order valence-electron chi connectivity index (χ1n) is 11.7. The predicted molar refractivity (Wildman–Crippen MR) is 133 cm³/mol. The highest BCUT2D eigenvalue weighted by atomic mass is 32.2. The molecule has 10 heteroatoms. The lowest BCUT2D eigenvalue weighted by molar-refractivity contribution is 0.278. The third-order valence-electron chi connectivity index (χ3n) is 6.77. The van der Waals surface area contributed by atoms with Crippen molar-refractivity contribution in [3.63, 3.8) is 0 Å². The number of benzene rings is 2. The minimum Gasteiger partial charge on any atom is -0.359 e. The summed E-state index contributed by atoms with van der Waals surface area (Å²) in [5, 5.41) is 0.852. The standard InChI is InChI=1S/C26H23F2N5O2S/c1-16-13-17-14-20(5-7-23(17)30-16)36(34,35)32-11-8-19(9-12-32)33-25(21-6-4-18(27)15-22(21)28)31-24-3-2-10-29-26(24)33/h2-7,10,13-15,19,30H,8-9,11-12H2,1H3. The number of aromatic nitrogens is 4. The van der Waals surface area contributed by atoms with Gasteiger partial charge in [-0.25, -0.2) is 27.2 Å². The Labute approximate surface area is 206 Å². The first-order valence-corrected chi connectivity index (χ1v) is 13.1. The largest absolute Gasteiger partial charge is 0.359 e. The van der Waals surface area contributed by atoms with Crippen molar-refractivity contribution in [2.24, 2.45) is 0 Å². The molecule has 1 saturated heterocycles. The third-order valence-corrected chi connectivity index (χ3v) is 8.67. The highest BCUT2D eigenvalue weighted by Gasteiger charge is 2.32. The minimum absolute atomic E-state index is 0.148. The average Bonchev–Trinajstić information content (AvgIpc) is 3.43. The fourth-order valence-corrected chi connectivity index (χ4v) is 6.55. The van der Waals surface area contributed by atoms with Gasteiger partial charge in [0.1, 0.15) is 23.0 Å². The summed E-state index contributed by atoms with van der Waals surface area (Å²) in [6, 6.07) is 13.8. The summed E-state index contributed by atoms with van der Waals surface area (Å²) in [5.74, 6) is -1.01. The van der Waals surface area contributed by atoms with Crippen LogP contribution in [-0.4, -0.2) is 45.3 Å². The number of aryl methyl sites for hydroxylation is 1. The summed E-state index contributed by atoms with van der Waals surface area (Å²) in [7, 11) is -3.68. The number of H-pyrrole nitrogens is 1. The van der Waals surface area contributed by atoms with Gasteiger partial charge in [0.2, 0.25) is 10.0 Å². The van der Waals surface area contributed by atoms with Gasteiger partial charge in [-0.1, -0.05) is 0 Å². The number of hydrogen-bond donors (Lipinski definition) is 1. The van der Waals surface area contributed by atoms with E-state index in [1.54, 1.807) is 36.5 Å². The summed E-state index contributed by atoms with van der Waals surface area (Å²) in [5.41, 5.74) is 3.23. The fourth-order valence-electron chi connectivity index (χ4n) is 5.04. The molecule has 1 fully saturated rings. The van der Waals surface area contributed by atoms with Crippen LogP contribution in [0.1, 0.15) is 24.6 Å². The number of aromatic amines is 1. The second-order valence-electron chi connectivity index (χ2n) is 9.11.